The van der Waals surface area contributed by atoms with E-state index in [9.17, 15) is 0 Å². The Morgan fingerprint density at radius 3 is 2.93 bits per heavy atom. The Balaban J connectivity index is 1.74. The third kappa shape index (κ3) is 1.77. The van der Waals surface area contributed by atoms with E-state index in [0.29, 0.717) is 6.04 Å². The Labute approximate surface area is 89.3 Å². The fraction of sp³-hybridized carbons (Fsp3) is 0.385. The number of hydrogen-bond acceptors (Lipinski definition) is 2. The molecule has 1 aromatic heterocycles. The van der Waals surface area contributed by atoms with Gasteiger partial charge in [-0.3, -0.25) is 0 Å². The highest BCUT2D eigenvalue weighted by Gasteiger charge is 2.31. The lowest BCUT2D eigenvalue weighted by atomic mass is 10.2. The van der Waals surface area contributed by atoms with Crippen molar-refractivity contribution >= 4 is 11.0 Å². The van der Waals surface area contributed by atoms with Crippen molar-refractivity contribution < 1.29 is 4.42 Å². The van der Waals surface area contributed by atoms with Crippen molar-refractivity contribution in [3.63, 3.8) is 0 Å². The standard InChI is InChI=1S/C13H15NO/c1-9-6-12(9)14-8-11-7-10-4-2-3-5-13(10)15-11/h2-5,7,9,12,14H,6,8H2,1H3. The third-order valence-corrected chi connectivity index (χ3v) is 3.12. The molecule has 1 N–H and O–H groups in total. The molecule has 3 rings (SSSR count). The average molecular weight is 201 g/mol. The Kier molecular flexibility index (Phi) is 2.03. The highest BCUT2D eigenvalue weighted by molar-refractivity contribution is 5.77. The molecule has 1 aliphatic carbocycles. The lowest BCUT2D eigenvalue weighted by Gasteiger charge is -1.98. The number of furan rings is 1. The molecule has 1 fully saturated rings. The van der Waals surface area contributed by atoms with Gasteiger partial charge in [0.05, 0.1) is 6.54 Å². The first-order valence-electron chi connectivity index (χ1n) is 5.54. The minimum atomic E-state index is 0.707. The van der Waals surface area contributed by atoms with Gasteiger partial charge in [-0.2, -0.15) is 0 Å². The first kappa shape index (κ1) is 8.98. The van der Waals surface area contributed by atoms with Gasteiger partial charge in [-0.25, -0.2) is 0 Å². The van der Waals surface area contributed by atoms with Gasteiger partial charge in [0.25, 0.3) is 0 Å². The summed E-state index contributed by atoms with van der Waals surface area (Å²) in [5.41, 5.74) is 0.984. The lowest BCUT2D eigenvalue weighted by molar-refractivity contribution is 0.507. The van der Waals surface area contributed by atoms with Crippen LogP contribution in [0.3, 0.4) is 0 Å². The summed E-state index contributed by atoms with van der Waals surface area (Å²) in [5.74, 6) is 1.88. The maximum absolute atomic E-state index is 5.72. The second-order valence-electron chi connectivity index (χ2n) is 4.45. The molecule has 0 bridgehead atoms. The predicted molar refractivity (Wildman–Crippen MR) is 60.6 cm³/mol. The number of hydrogen-bond donors (Lipinski definition) is 1. The molecule has 2 aromatic rings. The summed E-state index contributed by atoms with van der Waals surface area (Å²) < 4.78 is 5.72. The van der Waals surface area contributed by atoms with Crippen LogP contribution in [0.2, 0.25) is 0 Å². The van der Waals surface area contributed by atoms with Crippen LogP contribution in [0, 0.1) is 5.92 Å². The lowest BCUT2D eigenvalue weighted by Crippen LogP contribution is -2.16. The van der Waals surface area contributed by atoms with Crippen molar-refractivity contribution in [2.75, 3.05) is 0 Å². The predicted octanol–water partition coefficient (Wildman–Crippen LogP) is 2.93. The molecule has 2 heteroatoms. The summed E-state index contributed by atoms with van der Waals surface area (Å²) in [7, 11) is 0. The van der Waals surface area contributed by atoms with Crippen LogP contribution in [0.25, 0.3) is 11.0 Å². The van der Waals surface area contributed by atoms with Crippen LogP contribution < -0.4 is 5.32 Å². The first-order chi connectivity index (χ1) is 7.33. The second kappa shape index (κ2) is 3.38. The van der Waals surface area contributed by atoms with E-state index in [-0.39, 0.29) is 0 Å². The van der Waals surface area contributed by atoms with Gasteiger partial charge >= 0.3 is 0 Å². The normalized spacial score (nSPS) is 24.6. The summed E-state index contributed by atoms with van der Waals surface area (Å²) >= 11 is 0. The molecule has 0 amide bonds. The molecule has 15 heavy (non-hydrogen) atoms. The Bertz CT molecular complexity index is 441. The molecular weight excluding hydrogens is 186 g/mol. The van der Waals surface area contributed by atoms with E-state index in [0.717, 1.165) is 23.8 Å². The van der Waals surface area contributed by atoms with Crippen molar-refractivity contribution in [1.29, 1.82) is 0 Å². The van der Waals surface area contributed by atoms with Crippen molar-refractivity contribution in [3.05, 3.63) is 36.1 Å². The van der Waals surface area contributed by atoms with E-state index < -0.39 is 0 Å². The Hall–Kier alpha value is -1.28. The number of rotatable bonds is 3. The van der Waals surface area contributed by atoms with E-state index >= 15 is 0 Å². The number of para-hydroxylation sites is 1. The van der Waals surface area contributed by atoms with Crippen molar-refractivity contribution in [2.24, 2.45) is 5.92 Å². The molecule has 1 heterocycles. The van der Waals surface area contributed by atoms with Crippen molar-refractivity contribution in [3.8, 4) is 0 Å². The zero-order valence-electron chi connectivity index (χ0n) is 8.86. The fourth-order valence-corrected chi connectivity index (χ4v) is 1.96. The molecule has 1 aromatic carbocycles. The van der Waals surface area contributed by atoms with Gasteiger partial charge in [-0.05, 0) is 24.5 Å². The monoisotopic (exact) mass is 201 g/mol. The van der Waals surface area contributed by atoms with Crippen LogP contribution in [-0.4, -0.2) is 6.04 Å². The van der Waals surface area contributed by atoms with Crippen LogP contribution >= 0.6 is 0 Å². The molecule has 0 radical (unpaired) electrons. The van der Waals surface area contributed by atoms with Crippen LogP contribution in [-0.2, 0) is 6.54 Å². The van der Waals surface area contributed by atoms with Gasteiger partial charge in [0.15, 0.2) is 0 Å². The van der Waals surface area contributed by atoms with Gasteiger partial charge in [-0.15, -0.1) is 0 Å². The first-order valence-corrected chi connectivity index (χ1v) is 5.54. The quantitative estimate of drug-likeness (QED) is 0.826. The van der Waals surface area contributed by atoms with Crippen LogP contribution in [0.1, 0.15) is 19.1 Å². The third-order valence-electron chi connectivity index (χ3n) is 3.12. The van der Waals surface area contributed by atoms with E-state index in [4.69, 9.17) is 4.42 Å². The van der Waals surface area contributed by atoms with Gasteiger partial charge in [0, 0.05) is 11.4 Å². The fourth-order valence-electron chi connectivity index (χ4n) is 1.96. The van der Waals surface area contributed by atoms with E-state index in [1.165, 1.54) is 11.8 Å². The topological polar surface area (TPSA) is 25.2 Å². The number of fused-ring (bicyclic) bond motifs is 1. The molecule has 2 nitrogen and oxygen atoms in total. The van der Waals surface area contributed by atoms with Crippen molar-refractivity contribution in [1.82, 2.24) is 5.32 Å². The van der Waals surface area contributed by atoms with E-state index in [1.807, 2.05) is 18.2 Å². The molecule has 1 saturated carbocycles. The summed E-state index contributed by atoms with van der Waals surface area (Å²) in [6, 6.07) is 11.0. The smallest absolute Gasteiger partial charge is 0.134 e. The minimum absolute atomic E-state index is 0.707. The summed E-state index contributed by atoms with van der Waals surface area (Å²) in [4.78, 5) is 0. The van der Waals surface area contributed by atoms with Gasteiger partial charge < -0.3 is 9.73 Å². The Morgan fingerprint density at radius 1 is 1.40 bits per heavy atom. The van der Waals surface area contributed by atoms with E-state index in [1.54, 1.807) is 0 Å². The zero-order valence-corrected chi connectivity index (χ0v) is 8.86. The van der Waals surface area contributed by atoms with Crippen LogP contribution in [0.15, 0.2) is 34.7 Å². The van der Waals surface area contributed by atoms with Crippen LogP contribution in [0.5, 0.6) is 0 Å². The average Bonchev–Trinajstić information content (AvgIpc) is 2.79. The number of nitrogens with one attached hydrogen (secondary N) is 1. The molecule has 1 aliphatic rings. The van der Waals surface area contributed by atoms with Gasteiger partial charge in [0.1, 0.15) is 11.3 Å². The molecule has 78 valence electrons. The largest absolute Gasteiger partial charge is 0.460 e. The Morgan fingerprint density at radius 2 is 2.20 bits per heavy atom. The van der Waals surface area contributed by atoms with Crippen molar-refractivity contribution in [2.45, 2.75) is 25.9 Å². The minimum Gasteiger partial charge on any atom is -0.460 e. The maximum Gasteiger partial charge on any atom is 0.134 e. The molecule has 2 unspecified atom stereocenters. The van der Waals surface area contributed by atoms with Crippen LogP contribution in [0.4, 0.5) is 0 Å². The highest BCUT2D eigenvalue weighted by atomic mass is 16.3. The summed E-state index contributed by atoms with van der Waals surface area (Å²) in [5, 5.41) is 4.68. The summed E-state index contributed by atoms with van der Waals surface area (Å²) in [6.07, 6.45) is 1.31. The molecule has 0 aliphatic heterocycles. The maximum atomic E-state index is 5.72. The SMILES string of the molecule is CC1CC1NCc1cc2ccccc2o1. The highest BCUT2D eigenvalue weighted by Crippen LogP contribution is 2.29. The molecular formula is C13H15NO. The van der Waals surface area contributed by atoms with Gasteiger partial charge in [0.2, 0.25) is 0 Å². The molecule has 0 saturated heterocycles. The number of benzene rings is 1. The molecule has 2 atom stereocenters. The summed E-state index contributed by atoms with van der Waals surface area (Å²) in [6.45, 7) is 3.12. The van der Waals surface area contributed by atoms with E-state index in [2.05, 4.69) is 24.4 Å². The zero-order chi connectivity index (χ0) is 10.3. The van der Waals surface area contributed by atoms with Gasteiger partial charge in [-0.1, -0.05) is 25.1 Å². The second-order valence-corrected chi connectivity index (χ2v) is 4.45. The molecule has 0 spiro atoms.